The Morgan fingerprint density at radius 2 is 1.50 bits per heavy atom. The predicted molar refractivity (Wildman–Crippen MR) is 163 cm³/mol. The average Bonchev–Trinajstić information content (AvgIpc) is 2.90. The largest absolute Gasteiger partial charge is 0.465 e. The second-order valence-electron chi connectivity index (χ2n) is 13.7. The summed E-state index contributed by atoms with van der Waals surface area (Å²) < 4.78 is 5.99. The van der Waals surface area contributed by atoms with Crippen LogP contribution in [0.1, 0.15) is 173 Å². The smallest absolute Gasteiger partial charge is 0.305 e. The van der Waals surface area contributed by atoms with Crippen LogP contribution >= 0.6 is 0 Å². The lowest BCUT2D eigenvalue weighted by atomic mass is 9.50. The molecule has 1 fully saturated rings. The predicted octanol–water partition coefficient (Wildman–Crippen LogP) is 10.8. The summed E-state index contributed by atoms with van der Waals surface area (Å²) in [5, 5.41) is 0. The van der Waals surface area contributed by atoms with Crippen molar-refractivity contribution in [3.8, 4) is 0 Å². The van der Waals surface area contributed by atoms with E-state index in [0.29, 0.717) is 24.9 Å². The number of hydrogen-bond donors (Lipinski definition) is 0. The van der Waals surface area contributed by atoms with Gasteiger partial charge in [0, 0.05) is 11.8 Å². The monoisotopic (exact) mass is 524 g/mol. The Labute approximate surface area is 236 Å². The Morgan fingerprint density at radius 1 is 0.895 bits per heavy atom. The molecule has 0 saturated heterocycles. The third-order valence-corrected chi connectivity index (χ3v) is 10.2. The van der Waals surface area contributed by atoms with Gasteiger partial charge in [0.25, 0.3) is 0 Å². The van der Waals surface area contributed by atoms with Crippen LogP contribution < -0.4 is 0 Å². The van der Waals surface area contributed by atoms with E-state index in [0.717, 1.165) is 6.42 Å². The van der Waals surface area contributed by atoms with Gasteiger partial charge < -0.3 is 4.74 Å². The molecule has 0 aliphatic heterocycles. The Kier molecular flexibility index (Phi) is 12.7. The number of hydrogen-bond acceptors (Lipinski definition) is 2. The SMILES string of the molecule is CCCCCCCCCCCCCCCC(=O)OCC1(C)CCCC2(C)c3ccc(C(C)C)cc3CCC12. The van der Waals surface area contributed by atoms with E-state index >= 15 is 0 Å². The van der Waals surface area contributed by atoms with Gasteiger partial charge in [0.2, 0.25) is 0 Å². The molecule has 1 aromatic carbocycles. The van der Waals surface area contributed by atoms with E-state index in [4.69, 9.17) is 4.74 Å². The molecule has 216 valence electrons. The summed E-state index contributed by atoms with van der Waals surface area (Å²) in [4.78, 5) is 12.6. The van der Waals surface area contributed by atoms with Crippen LogP contribution in [0.4, 0.5) is 0 Å². The molecule has 0 bridgehead atoms. The molecule has 0 heterocycles. The van der Waals surface area contributed by atoms with E-state index in [1.807, 2.05) is 0 Å². The van der Waals surface area contributed by atoms with E-state index < -0.39 is 0 Å². The van der Waals surface area contributed by atoms with Gasteiger partial charge in [-0.3, -0.25) is 4.79 Å². The minimum absolute atomic E-state index is 0.0272. The lowest BCUT2D eigenvalue weighted by molar-refractivity contribution is -0.151. The lowest BCUT2D eigenvalue weighted by Gasteiger charge is -2.55. The first kappa shape index (κ1) is 31.2. The summed E-state index contributed by atoms with van der Waals surface area (Å²) in [5.41, 5.74) is 4.90. The molecular formula is C36H60O2. The standard InChI is InChI=1S/C36H60O2/c1-6-7-8-9-10-11-12-13-14-15-16-17-18-20-34(37)38-28-35(4)25-19-26-36(5)32-23-21-30(29(2)3)27-31(32)22-24-33(35)36/h21,23,27,29,33H,6-20,22,24-26,28H2,1-5H3. The highest BCUT2D eigenvalue weighted by atomic mass is 16.5. The Bertz CT molecular complexity index is 842. The number of fused-ring (bicyclic) bond motifs is 3. The van der Waals surface area contributed by atoms with Crippen LogP contribution in [0.3, 0.4) is 0 Å². The molecule has 38 heavy (non-hydrogen) atoms. The molecule has 0 spiro atoms. The van der Waals surface area contributed by atoms with Crippen LogP contribution in [-0.4, -0.2) is 12.6 Å². The first-order valence-electron chi connectivity index (χ1n) is 16.6. The third-order valence-electron chi connectivity index (χ3n) is 10.2. The van der Waals surface area contributed by atoms with Crippen molar-refractivity contribution >= 4 is 5.97 Å². The van der Waals surface area contributed by atoms with Gasteiger partial charge in [-0.2, -0.15) is 0 Å². The average molecular weight is 525 g/mol. The van der Waals surface area contributed by atoms with Crippen molar-refractivity contribution in [1.29, 1.82) is 0 Å². The number of aryl methyl sites for hydroxylation is 1. The third kappa shape index (κ3) is 8.59. The molecule has 3 unspecified atom stereocenters. The highest BCUT2D eigenvalue weighted by molar-refractivity contribution is 5.69. The molecule has 1 aromatic rings. The van der Waals surface area contributed by atoms with Crippen LogP contribution in [0.25, 0.3) is 0 Å². The van der Waals surface area contributed by atoms with Gasteiger partial charge in [0.05, 0.1) is 6.61 Å². The normalized spacial score (nSPS) is 24.7. The molecule has 0 radical (unpaired) electrons. The molecule has 3 rings (SSSR count). The highest BCUT2D eigenvalue weighted by Gasteiger charge is 2.52. The van der Waals surface area contributed by atoms with E-state index in [-0.39, 0.29) is 16.8 Å². The first-order chi connectivity index (χ1) is 18.3. The van der Waals surface area contributed by atoms with Gasteiger partial charge in [-0.1, -0.05) is 136 Å². The van der Waals surface area contributed by atoms with Crippen molar-refractivity contribution in [2.45, 2.75) is 168 Å². The second-order valence-corrected chi connectivity index (χ2v) is 13.7. The zero-order chi connectivity index (χ0) is 27.4. The summed E-state index contributed by atoms with van der Waals surface area (Å²) in [6.07, 6.45) is 24.0. The second kappa shape index (κ2) is 15.5. The van der Waals surface area contributed by atoms with E-state index in [1.165, 1.54) is 115 Å². The molecule has 2 aliphatic carbocycles. The van der Waals surface area contributed by atoms with Gasteiger partial charge in [-0.25, -0.2) is 0 Å². The number of ether oxygens (including phenoxy) is 1. The van der Waals surface area contributed by atoms with E-state index in [9.17, 15) is 4.79 Å². The maximum Gasteiger partial charge on any atom is 0.305 e. The fourth-order valence-corrected chi connectivity index (χ4v) is 7.78. The molecule has 2 aliphatic rings. The van der Waals surface area contributed by atoms with Gasteiger partial charge in [0.15, 0.2) is 0 Å². The van der Waals surface area contributed by atoms with Gasteiger partial charge in [-0.05, 0) is 66.0 Å². The van der Waals surface area contributed by atoms with Gasteiger partial charge >= 0.3 is 5.97 Å². The summed E-state index contributed by atoms with van der Waals surface area (Å²) in [7, 11) is 0. The Morgan fingerprint density at radius 3 is 2.11 bits per heavy atom. The van der Waals surface area contributed by atoms with Crippen molar-refractivity contribution < 1.29 is 9.53 Å². The molecule has 0 N–H and O–H groups in total. The first-order valence-corrected chi connectivity index (χ1v) is 16.6. The number of benzene rings is 1. The summed E-state index contributed by atoms with van der Waals surface area (Å²) in [6.45, 7) is 12.4. The molecule has 3 atom stereocenters. The van der Waals surface area contributed by atoms with E-state index in [1.54, 1.807) is 11.1 Å². The molecule has 2 heteroatoms. The molecule has 0 amide bonds. The number of esters is 1. The lowest BCUT2D eigenvalue weighted by Crippen LogP contribution is -2.51. The summed E-state index contributed by atoms with van der Waals surface area (Å²) in [5.74, 6) is 1.20. The minimum Gasteiger partial charge on any atom is -0.465 e. The molecule has 2 nitrogen and oxygen atoms in total. The molecule has 0 aromatic heterocycles. The maximum absolute atomic E-state index is 12.6. The minimum atomic E-state index is 0.0272. The summed E-state index contributed by atoms with van der Waals surface area (Å²) in [6, 6.07) is 7.27. The van der Waals surface area contributed by atoms with Crippen LogP contribution in [-0.2, 0) is 21.4 Å². The number of carbonyl (C=O) groups is 1. The Hall–Kier alpha value is -1.31. The van der Waals surface area contributed by atoms with Crippen molar-refractivity contribution in [3.05, 3.63) is 34.9 Å². The van der Waals surface area contributed by atoms with Crippen LogP contribution in [0.15, 0.2) is 18.2 Å². The van der Waals surface area contributed by atoms with Crippen LogP contribution in [0, 0.1) is 11.3 Å². The van der Waals surface area contributed by atoms with E-state index in [2.05, 4.69) is 52.8 Å². The zero-order valence-corrected chi connectivity index (χ0v) is 25.8. The molecule has 1 saturated carbocycles. The molecular weight excluding hydrogens is 464 g/mol. The fourth-order valence-electron chi connectivity index (χ4n) is 7.78. The number of unbranched alkanes of at least 4 members (excludes halogenated alkanes) is 12. The van der Waals surface area contributed by atoms with Crippen molar-refractivity contribution in [2.24, 2.45) is 11.3 Å². The van der Waals surface area contributed by atoms with Crippen molar-refractivity contribution in [3.63, 3.8) is 0 Å². The quantitative estimate of drug-likeness (QED) is 0.150. The number of rotatable bonds is 17. The number of carbonyl (C=O) groups excluding carboxylic acids is 1. The zero-order valence-electron chi connectivity index (χ0n) is 25.8. The summed E-state index contributed by atoms with van der Waals surface area (Å²) >= 11 is 0. The fraction of sp³-hybridized carbons (Fsp3) is 0.806. The topological polar surface area (TPSA) is 26.3 Å². The van der Waals surface area contributed by atoms with Crippen LogP contribution in [0.5, 0.6) is 0 Å². The van der Waals surface area contributed by atoms with Crippen molar-refractivity contribution in [2.75, 3.05) is 6.61 Å². The Balaban J connectivity index is 1.34. The highest BCUT2D eigenvalue weighted by Crippen LogP contribution is 2.57. The maximum atomic E-state index is 12.6. The van der Waals surface area contributed by atoms with Crippen LogP contribution in [0.2, 0.25) is 0 Å². The van der Waals surface area contributed by atoms with Gasteiger partial charge in [-0.15, -0.1) is 0 Å². The van der Waals surface area contributed by atoms with Gasteiger partial charge in [0.1, 0.15) is 0 Å². The van der Waals surface area contributed by atoms with Crippen molar-refractivity contribution in [1.82, 2.24) is 0 Å².